The Balaban J connectivity index is 2.29. The minimum absolute atomic E-state index is 0.0946. The maximum absolute atomic E-state index is 11.4. The fourth-order valence-electron chi connectivity index (χ4n) is 1.06. The van der Waals surface area contributed by atoms with E-state index >= 15 is 0 Å². The van der Waals surface area contributed by atoms with Gasteiger partial charge in [-0.3, -0.25) is 4.79 Å². The van der Waals surface area contributed by atoms with Gasteiger partial charge in [0.2, 0.25) is 0 Å². The lowest BCUT2D eigenvalue weighted by Gasteiger charge is -2.01. The van der Waals surface area contributed by atoms with Gasteiger partial charge in [-0.15, -0.1) is 0 Å². The molecule has 4 nitrogen and oxygen atoms in total. The predicted octanol–water partition coefficient (Wildman–Crippen LogP) is 1.08. The number of nitrogen functional groups attached to an aromatic ring is 1. The van der Waals surface area contributed by atoms with Crippen LogP contribution in [0.1, 0.15) is 16.9 Å². The zero-order chi connectivity index (χ0) is 10.4. The Morgan fingerprint density at radius 3 is 3.07 bits per heavy atom. The number of thioether (sulfide) groups is 1. The van der Waals surface area contributed by atoms with Crippen molar-refractivity contribution in [2.45, 2.75) is 6.42 Å². The van der Waals surface area contributed by atoms with E-state index < -0.39 is 0 Å². The van der Waals surface area contributed by atoms with Gasteiger partial charge >= 0.3 is 0 Å². The summed E-state index contributed by atoms with van der Waals surface area (Å²) in [5.41, 5.74) is 6.58. The molecule has 0 bridgehead atoms. The van der Waals surface area contributed by atoms with Crippen LogP contribution >= 0.6 is 11.8 Å². The number of hydrogen-bond donors (Lipinski definition) is 3. The topological polar surface area (TPSA) is 70.9 Å². The minimum atomic E-state index is -0.0946. The molecule has 0 aromatic carbocycles. The average molecular weight is 213 g/mol. The zero-order valence-corrected chi connectivity index (χ0v) is 8.99. The third-order valence-corrected chi connectivity index (χ3v) is 2.46. The van der Waals surface area contributed by atoms with Crippen LogP contribution < -0.4 is 11.1 Å². The van der Waals surface area contributed by atoms with Gasteiger partial charge in [0.1, 0.15) is 5.69 Å². The quantitative estimate of drug-likeness (QED) is 0.641. The number of H-pyrrole nitrogens is 1. The molecule has 1 heterocycles. The molecule has 0 aliphatic heterocycles. The first kappa shape index (κ1) is 11.0. The largest absolute Gasteiger partial charge is 0.397 e. The van der Waals surface area contributed by atoms with Crippen LogP contribution in [0.2, 0.25) is 0 Å². The molecular weight excluding hydrogens is 198 g/mol. The molecule has 1 aromatic heterocycles. The minimum Gasteiger partial charge on any atom is -0.397 e. The number of rotatable bonds is 5. The van der Waals surface area contributed by atoms with Crippen molar-refractivity contribution >= 4 is 23.4 Å². The van der Waals surface area contributed by atoms with Crippen molar-refractivity contribution in [1.82, 2.24) is 10.3 Å². The average Bonchev–Trinajstić information content (AvgIpc) is 2.59. The van der Waals surface area contributed by atoms with E-state index in [9.17, 15) is 4.79 Å². The SMILES string of the molecule is CSCCCNC(=O)c1cc(N)c[nH]1. The Bertz CT molecular complexity index is 298. The van der Waals surface area contributed by atoms with Crippen LogP contribution in [-0.2, 0) is 0 Å². The van der Waals surface area contributed by atoms with E-state index in [1.54, 1.807) is 24.0 Å². The molecule has 0 saturated carbocycles. The highest BCUT2D eigenvalue weighted by Gasteiger charge is 2.05. The summed E-state index contributed by atoms with van der Waals surface area (Å²) in [5.74, 6) is 0.968. The van der Waals surface area contributed by atoms with E-state index in [4.69, 9.17) is 5.73 Å². The third kappa shape index (κ3) is 3.33. The molecule has 0 aliphatic rings. The molecule has 1 rings (SSSR count). The van der Waals surface area contributed by atoms with Crippen molar-refractivity contribution in [3.8, 4) is 0 Å². The van der Waals surface area contributed by atoms with Gasteiger partial charge < -0.3 is 16.0 Å². The Kier molecular flexibility index (Phi) is 4.39. The fourth-order valence-corrected chi connectivity index (χ4v) is 1.49. The second-order valence-electron chi connectivity index (χ2n) is 2.95. The molecule has 14 heavy (non-hydrogen) atoms. The predicted molar refractivity (Wildman–Crippen MR) is 60.5 cm³/mol. The van der Waals surface area contributed by atoms with Crippen molar-refractivity contribution in [1.29, 1.82) is 0 Å². The summed E-state index contributed by atoms with van der Waals surface area (Å²) in [7, 11) is 0. The van der Waals surface area contributed by atoms with Crippen molar-refractivity contribution in [3.05, 3.63) is 18.0 Å². The van der Waals surface area contributed by atoms with Crippen LogP contribution in [0.4, 0.5) is 5.69 Å². The molecule has 1 aromatic rings. The first-order chi connectivity index (χ1) is 6.74. The summed E-state index contributed by atoms with van der Waals surface area (Å²) in [4.78, 5) is 14.2. The van der Waals surface area contributed by atoms with Gasteiger partial charge in [-0.2, -0.15) is 11.8 Å². The van der Waals surface area contributed by atoms with Crippen LogP contribution in [-0.4, -0.2) is 29.4 Å². The summed E-state index contributed by atoms with van der Waals surface area (Å²) < 4.78 is 0. The number of aromatic nitrogens is 1. The van der Waals surface area contributed by atoms with Gasteiger partial charge in [-0.25, -0.2) is 0 Å². The zero-order valence-electron chi connectivity index (χ0n) is 8.17. The van der Waals surface area contributed by atoms with Crippen LogP contribution in [0.15, 0.2) is 12.3 Å². The van der Waals surface area contributed by atoms with Crippen molar-refractivity contribution in [2.24, 2.45) is 0 Å². The summed E-state index contributed by atoms with van der Waals surface area (Å²) in [6.07, 6.45) is 4.65. The highest BCUT2D eigenvalue weighted by Crippen LogP contribution is 2.03. The molecule has 5 heteroatoms. The van der Waals surface area contributed by atoms with Crippen LogP contribution in [0.25, 0.3) is 0 Å². The smallest absolute Gasteiger partial charge is 0.267 e. The van der Waals surface area contributed by atoms with E-state index in [1.807, 2.05) is 6.26 Å². The number of aromatic amines is 1. The van der Waals surface area contributed by atoms with E-state index in [0.717, 1.165) is 12.2 Å². The number of hydrogen-bond acceptors (Lipinski definition) is 3. The van der Waals surface area contributed by atoms with E-state index in [2.05, 4.69) is 10.3 Å². The van der Waals surface area contributed by atoms with Crippen LogP contribution in [0.5, 0.6) is 0 Å². The van der Waals surface area contributed by atoms with E-state index in [-0.39, 0.29) is 5.91 Å². The number of anilines is 1. The van der Waals surface area contributed by atoms with Crippen molar-refractivity contribution in [3.63, 3.8) is 0 Å². The second-order valence-corrected chi connectivity index (χ2v) is 3.93. The maximum Gasteiger partial charge on any atom is 0.267 e. The number of carbonyl (C=O) groups is 1. The van der Waals surface area contributed by atoms with Crippen LogP contribution in [0, 0.1) is 0 Å². The fraction of sp³-hybridized carbons (Fsp3) is 0.444. The summed E-state index contributed by atoms with van der Waals surface area (Å²) in [6.45, 7) is 0.707. The molecule has 0 atom stereocenters. The normalized spacial score (nSPS) is 10.1. The highest BCUT2D eigenvalue weighted by molar-refractivity contribution is 7.98. The van der Waals surface area contributed by atoms with Gasteiger partial charge in [-0.1, -0.05) is 0 Å². The first-order valence-electron chi connectivity index (χ1n) is 4.45. The molecule has 1 amide bonds. The Labute approximate surface area is 87.6 Å². The van der Waals surface area contributed by atoms with Crippen molar-refractivity contribution < 1.29 is 4.79 Å². The van der Waals surface area contributed by atoms with Crippen LogP contribution in [0.3, 0.4) is 0 Å². The monoisotopic (exact) mass is 213 g/mol. The van der Waals surface area contributed by atoms with Gasteiger partial charge in [0.15, 0.2) is 0 Å². The van der Waals surface area contributed by atoms with E-state index in [1.165, 1.54) is 0 Å². The lowest BCUT2D eigenvalue weighted by molar-refractivity contribution is 0.0949. The molecule has 0 saturated heterocycles. The molecule has 0 spiro atoms. The maximum atomic E-state index is 11.4. The summed E-state index contributed by atoms with van der Waals surface area (Å²) >= 11 is 1.77. The summed E-state index contributed by atoms with van der Waals surface area (Å²) in [6, 6.07) is 1.63. The molecule has 4 N–H and O–H groups in total. The van der Waals surface area contributed by atoms with E-state index in [0.29, 0.717) is 17.9 Å². The number of carbonyl (C=O) groups excluding carboxylic acids is 1. The first-order valence-corrected chi connectivity index (χ1v) is 5.84. The Morgan fingerprint density at radius 2 is 2.50 bits per heavy atom. The lowest BCUT2D eigenvalue weighted by Crippen LogP contribution is -2.25. The van der Waals surface area contributed by atoms with Crippen molar-refractivity contribution in [2.75, 3.05) is 24.3 Å². The molecule has 0 fully saturated rings. The molecule has 0 radical (unpaired) electrons. The third-order valence-electron chi connectivity index (χ3n) is 1.76. The molecule has 78 valence electrons. The second kappa shape index (κ2) is 5.59. The Hall–Kier alpha value is -1.10. The number of nitrogens with two attached hydrogens (primary N) is 1. The standard InChI is InChI=1S/C9H15N3OS/c1-14-4-2-3-11-9(13)8-5-7(10)6-12-8/h5-6,12H,2-4,10H2,1H3,(H,11,13). The van der Waals surface area contributed by atoms with Gasteiger partial charge in [0.05, 0.1) is 0 Å². The van der Waals surface area contributed by atoms with Gasteiger partial charge in [0, 0.05) is 18.4 Å². The molecule has 0 unspecified atom stereocenters. The number of nitrogens with one attached hydrogen (secondary N) is 2. The highest BCUT2D eigenvalue weighted by atomic mass is 32.2. The molecule has 0 aliphatic carbocycles. The van der Waals surface area contributed by atoms with Gasteiger partial charge in [0.25, 0.3) is 5.91 Å². The molecular formula is C9H15N3OS. The van der Waals surface area contributed by atoms with Gasteiger partial charge in [-0.05, 0) is 24.5 Å². The lowest BCUT2D eigenvalue weighted by atomic mass is 10.4. The number of amides is 1. The summed E-state index contributed by atoms with van der Waals surface area (Å²) in [5, 5.41) is 2.81. The Morgan fingerprint density at radius 1 is 1.71 bits per heavy atom.